The van der Waals surface area contributed by atoms with Crippen LogP contribution in [0.2, 0.25) is 0 Å². The van der Waals surface area contributed by atoms with E-state index in [1.807, 2.05) is 32.0 Å². The van der Waals surface area contributed by atoms with Gasteiger partial charge in [0, 0.05) is 6.04 Å². The van der Waals surface area contributed by atoms with Crippen LogP contribution in [0, 0.1) is 0 Å². The number of carbonyl (C=O) groups excluding carboxylic acids is 1. The second-order valence-corrected chi connectivity index (χ2v) is 4.09. The maximum atomic E-state index is 11.5. The average molecular weight is 221 g/mol. The molecule has 1 amide bonds. The van der Waals surface area contributed by atoms with Gasteiger partial charge in [-0.05, 0) is 31.5 Å². The van der Waals surface area contributed by atoms with Crippen LogP contribution in [0.3, 0.4) is 0 Å². The molecule has 1 heterocycles. The Hall–Kier alpha value is -1.71. The highest BCUT2D eigenvalue weighted by Gasteiger charge is 2.14. The van der Waals surface area contributed by atoms with E-state index in [4.69, 9.17) is 9.47 Å². The molecule has 0 spiro atoms. The third kappa shape index (κ3) is 2.45. The van der Waals surface area contributed by atoms with E-state index in [1.165, 1.54) is 0 Å². The summed E-state index contributed by atoms with van der Waals surface area (Å²) in [6.07, 6.45) is 0.370. The topological polar surface area (TPSA) is 47.6 Å². The fourth-order valence-corrected chi connectivity index (χ4v) is 1.61. The van der Waals surface area contributed by atoms with Crippen molar-refractivity contribution in [2.75, 3.05) is 6.79 Å². The van der Waals surface area contributed by atoms with E-state index in [9.17, 15) is 4.79 Å². The normalized spacial score (nSPS) is 12.9. The van der Waals surface area contributed by atoms with Crippen molar-refractivity contribution in [1.82, 2.24) is 5.32 Å². The van der Waals surface area contributed by atoms with Crippen molar-refractivity contribution in [3.8, 4) is 11.5 Å². The van der Waals surface area contributed by atoms with E-state index >= 15 is 0 Å². The summed E-state index contributed by atoms with van der Waals surface area (Å²) in [4.78, 5) is 11.5. The number of carbonyl (C=O) groups is 1. The molecule has 0 saturated carbocycles. The first-order valence-corrected chi connectivity index (χ1v) is 5.33. The minimum Gasteiger partial charge on any atom is -0.454 e. The highest BCUT2D eigenvalue weighted by Crippen LogP contribution is 2.32. The zero-order valence-electron chi connectivity index (χ0n) is 9.45. The molecule has 0 unspecified atom stereocenters. The van der Waals surface area contributed by atoms with Gasteiger partial charge in [-0.25, -0.2) is 0 Å². The lowest BCUT2D eigenvalue weighted by Gasteiger charge is -2.08. The molecular weight excluding hydrogens is 206 g/mol. The van der Waals surface area contributed by atoms with E-state index in [2.05, 4.69) is 5.32 Å². The van der Waals surface area contributed by atoms with Gasteiger partial charge in [-0.1, -0.05) is 6.07 Å². The molecular formula is C12H15NO3. The van der Waals surface area contributed by atoms with Crippen LogP contribution in [0.25, 0.3) is 0 Å². The van der Waals surface area contributed by atoms with Crippen molar-refractivity contribution in [2.24, 2.45) is 0 Å². The smallest absolute Gasteiger partial charge is 0.231 e. The Labute approximate surface area is 94.6 Å². The van der Waals surface area contributed by atoms with Gasteiger partial charge in [0.25, 0.3) is 0 Å². The van der Waals surface area contributed by atoms with Crippen molar-refractivity contribution in [3.05, 3.63) is 23.8 Å². The summed E-state index contributed by atoms with van der Waals surface area (Å²) in [6.45, 7) is 4.14. The van der Waals surface area contributed by atoms with Crippen molar-refractivity contribution < 1.29 is 14.3 Å². The largest absolute Gasteiger partial charge is 0.454 e. The molecule has 16 heavy (non-hydrogen) atoms. The van der Waals surface area contributed by atoms with E-state index in [-0.39, 0.29) is 18.7 Å². The van der Waals surface area contributed by atoms with Crippen LogP contribution in [0.5, 0.6) is 11.5 Å². The first-order chi connectivity index (χ1) is 7.65. The third-order valence-electron chi connectivity index (χ3n) is 2.25. The third-order valence-corrected chi connectivity index (χ3v) is 2.25. The molecule has 2 rings (SSSR count). The molecule has 4 heteroatoms. The quantitative estimate of drug-likeness (QED) is 0.841. The lowest BCUT2D eigenvalue weighted by atomic mass is 10.1. The van der Waals surface area contributed by atoms with Gasteiger partial charge in [0.2, 0.25) is 12.7 Å². The lowest BCUT2D eigenvalue weighted by Crippen LogP contribution is -2.31. The number of fused-ring (bicyclic) bond motifs is 1. The standard InChI is InChI=1S/C12H15NO3/c1-8(2)13-12(14)6-9-3-4-10-11(5-9)16-7-15-10/h3-5,8H,6-7H2,1-2H3,(H,13,14). The molecule has 1 aliphatic heterocycles. The summed E-state index contributed by atoms with van der Waals surface area (Å²) < 4.78 is 10.4. The van der Waals surface area contributed by atoms with Gasteiger partial charge >= 0.3 is 0 Å². The predicted octanol–water partition coefficient (Wildman–Crippen LogP) is 1.48. The van der Waals surface area contributed by atoms with Crippen molar-refractivity contribution in [1.29, 1.82) is 0 Å². The van der Waals surface area contributed by atoms with Crippen LogP contribution in [0.4, 0.5) is 0 Å². The van der Waals surface area contributed by atoms with Gasteiger partial charge in [-0.2, -0.15) is 0 Å². The molecule has 0 fully saturated rings. The molecule has 0 bridgehead atoms. The molecule has 0 radical (unpaired) electrons. The Kier molecular flexibility index (Phi) is 2.99. The Morgan fingerprint density at radius 2 is 2.12 bits per heavy atom. The molecule has 86 valence electrons. The fraction of sp³-hybridized carbons (Fsp3) is 0.417. The number of amides is 1. The summed E-state index contributed by atoms with van der Waals surface area (Å²) in [5.74, 6) is 1.48. The van der Waals surface area contributed by atoms with Gasteiger partial charge in [0.1, 0.15) is 0 Å². The minimum atomic E-state index is 0.0221. The summed E-state index contributed by atoms with van der Waals surface area (Å²) in [7, 11) is 0. The van der Waals surface area contributed by atoms with Gasteiger partial charge < -0.3 is 14.8 Å². The first kappa shape index (κ1) is 10.8. The van der Waals surface area contributed by atoms with Crippen molar-refractivity contribution in [3.63, 3.8) is 0 Å². The maximum Gasteiger partial charge on any atom is 0.231 e. The highest BCUT2D eigenvalue weighted by molar-refractivity contribution is 5.79. The fourth-order valence-electron chi connectivity index (χ4n) is 1.61. The molecule has 1 aromatic carbocycles. The first-order valence-electron chi connectivity index (χ1n) is 5.33. The van der Waals surface area contributed by atoms with Crippen molar-refractivity contribution >= 4 is 5.91 Å². The van der Waals surface area contributed by atoms with E-state index in [0.717, 1.165) is 17.1 Å². The lowest BCUT2D eigenvalue weighted by molar-refractivity contribution is -0.120. The Balaban J connectivity index is 2.02. The molecule has 0 aliphatic carbocycles. The van der Waals surface area contributed by atoms with Crippen LogP contribution in [0.15, 0.2) is 18.2 Å². The molecule has 1 aliphatic rings. The van der Waals surface area contributed by atoms with Crippen LogP contribution in [-0.2, 0) is 11.2 Å². The number of nitrogens with one attached hydrogen (secondary N) is 1. The van der Waals surface area contributed by atoms with Gasteiger partial charge in [-0.15, -0.1) is 0 Å². The number of hydrogen-bond donors (Lipinski definition) is 1. The zero-order valence-corrected chi connectivity index (χ0v) is 9.45. The van der Waals surface area contributed by atoms with Crippen LogP contribution < -0.4 is 14.8 Å². The summed E-state index contributed by atoms with van der Waals surface area (Å²) in [5.41, 5.74) is 0.933. The summed E-state index contributed by atoms with van der Waals surface area (Å²) in [5, 5.41) is 2.85. The molecule has 0 aromatic heterocycles. The number of benzene rings is 1. The highest BCUT2D eigenvalue weighted by atomic mass is 16.7. The summed E-state index contributed by atoms with van der Waals surface area (Å²) >= 11 is 0. The van der Waals surface area contributed by atoms with E-state index in [0.29, 0.717) is 6.42 Å². The predicted molar refractivity (Wildman–Crippen MR) is 59.5 cm³/mol. The van der Waals surface area contributed by atoms with Gasteiger partial charge in [0.05, 0.1) is 6.42 Å². The molecule has 4 nitrogen and oxygen atoms in total. The Morgan fingerprint density at radius 1 is 1.38 bits per heavy atom. The monoisotopic (exact) mass is 221 g/mol. The number of ether oxygens (including phenoxy) is 2. The maximum absolute atomic E-state index is 11.5. The molecule has 1 aromatic rings. The Bertz CT molecular complexity index is 401. The second kappa shape index (κ2) is 4.43. The van der Waals surface area contributed by atoms with E-state index in [1.54, 1.807) is 0 Å². The molecule has 1 N–H and O–H groups in total. The van der Waals surface area contributed by atoms with Crippen LogP contribution in [-0.4, -0.2) is 18.7 Å². The average Bonchev–Trinajstić information content (AvgIpc) is 2.63. The molecule has 0 atom stereocenters. The second-order valence-electron chi connectivity index (χ2n) is 4.09. The van der Waals surface area contributed by atoms with Crippen LogP contribution in [0.1, 0.15) is 19.4 Å². The van der Waals surface area contributed by atoms with Gasteiger partial charge in [-0.3, -0.25) is 4.79 Å². The summed E-state index contributed by atoms with van der Waals surface area (Å²) in [6, 6.07) is 5.73. The van der Waals surface area contributed by atoms with Gasteiger partial charge in [0.15, 0.2) is 11.5 Å². The SMILES string of the molecule is CC(C)NC(=O)Cc1ccc2c(c1)OCO2. The zero-order chi connectivity index (χ0) is 11.5. The molecule has 0 saturated heterocycles. The number of rotatable bonds is 3. The number of hydrogen-bond acceptors (Lipinski definition) is 3. The van der Waals surface area contributed by atoms with Crippen LogP contribution >= 0.6 is 0 Å². The van der Waals surface area contributed by atoms with Crippen molar-refractivity contribution in [2.45, 2.75) is 26.3 Å². The Morgan fingerprint density at radius 3 is 2.88 bits per heavy atom. The minimum absolute atomic E-state index is 0.0221. The van der Waals surface area contributed by atoms with E-state index < -0.39 is 0 Å².